The van der Waals surface area contributed by atoms with E-state index in [0.29, 0.717) is 5.75 Å². The van der Waals surface area contributed by atoms with E-state index in [0.717, 1.165) is 38.6 Å². The molecule has 1 aliphatic rings. The Labute approximate surface area is 113 Å². The summed E-state index contributed by atoms with van der Waals surface area (Å²) in [5.74, 6) is 0.384. The number of rotatable bonds is 5. The first kappa shape index (κ1) is 16.0. The second kappa shape index (κ2) is 6.38. The molecule has 0 aromatic carbocycles. The van der Waals surface area contributed by atoms with Crippen LogP contribution in [0.15, 0.2) is 0 Å². The lowest BCUT2D eigenvalue weighted by atomic mass is 9.87. The average Bonchev–Trinajstić information content (AvgIpc) is 2.23. The van der Waals surface area contributed by atoms with Gasteiger partial charge in [0.25, 0.3) is 0 Å². The monoisotopic (exact) mass is 275 g/mol. The molecule has 108 valence electrons. The summed E-state index contributed by atoms with van der Waals surface area (Å²) in [6.45, 7) is 9.54. The summed E-state index contributed by atoms with van der Waals surface area (Å²) < 4.78 is 24.4. The van der Waals surface area contributed by atoms with Crippen LogP contribution in [0.25, 0.3) is 0 Å². The van der Waals surface area contributed by atoms with Gasteiger partial charge in [0.05, 0.1) is 11.0 Å². The topological polar surface area (TPSA) is 46.2 Å². The van der Waals surface area contributed by atoms with E-state index in [4.69, 9.17) is 0 Å². The Morgan fingerprint density at radius 1 is 1.28 bits per heavy atom. The van der Waals surface area contributed by atoms with Gasteiger partial charge in [-0.1, -0.05) is 34.1 Å². The van der Waals surface area contributed by atoms with E-state index >= 15 is 0 Å². The highest BCUT2D eigenvalue weighted by Crippen LogP contribution is 2.28. The molecule has 1 fully saturated rings. The molecule has 0 saturated carbocycles. The molecule has 0 aliphatic carbocycles. The molecule has 1 saturated heterocycles. The number of nitrogens with one attached hydrogen (secondary N) is 1. The third-order valence-electron chi connectivity index (χ3n) is 3.75. The van der Waals surface area contributed by atoms with Crippen molar-refractivity contribution in [3.05, 3.63) is 0 Å². The van der Waals surface area contributed by atoms with Crippen LogP contribution in [0.1, 0.15) is 59.8 Å². The van der Waals surface area contributed by atoms with Gasteiger partial charge >= 0.3 is 0 Å². The predicted molar refractivity (Wildman–Crippen MR) is 77.6 cm³/mol. The molecule has 18 heavy (non-hydrogen) atoms. The van der Waals surface area contributed by atoms with Crippen LogP contribution < -0.4 is 5.32 Å². The van der Waals surface area contributed by atoms with Crippen LogP contribution in [0, 0.1) is 5.41 Å². The summed E-state index contributed by atoms with van der Waals surface area (Å²) >= 11 is 0. The smallest absolute Gasteiger partial charge is 0.154 e. The maximum absolute atomic E-state index is 12.2. The number of hydrogen-bond acceptors (Lipinski definition) is 3. The second-order valence-electron chi connectivity index (χ2n) is 6.66. The lowest BCUT2D eigenvalue weighted by Gasteiger charge is -2.32. The van der Waals surface area contributed by atoms with Crippen LogP contribution >= 0.6 is 0 Å². The largest absolute Gasteiger partial charge is 0.313 e. The zero-order valence-electron chi connectivity index (χ0n) is 12.3. The lowest BCUT2D eigenvalue weighted by molar-refractivity contribution is 0.319. The van der Waals surface area contributed by atoms with Gasteiger partial charge in [-0.25, -0.2) is 8.42 Å². The van der Waals surface area contributed by atoms with Gasteiger partial charge in [-0.15, -0.1) is 0 Å². The van der Waals surface area contributed by atoms with Crippen molar-refractivity contribution in [2.45, 2.75) is 71.1 Å². The van der Waals surface area contributed by atoms with Gasteiger partial charge in [0.2, 0.25) is 0 Å². The van der Waals surface area contributed by atoms with Crippen LogP contribution in [0.4, 0.5) is 0 Å². The minimum Gasteiger partial charge on any atom is -0.313 e. The molecular formula is C14H29NO2S. The minimum atomic E-state index is -2.88. The van der Waals surface area contributed by atoms with Crippen molar-refractivity contribution < 1.29 is 8.42 Å². The highest BCUT2D eigenvalue weighted by molar-refractivity contribution is 7.92. The van der Waals surface area contributed by atoms with Gasteiger partial charge in [-0.3, -0.25) is 0 Å². The van der Waals surface area contributed by atoms with Gasteiger partial charge in [0.15, 0.2) is 9.84 Å². The SMILES string of the molecule is CCNC(CCC(C)(C)C)C1CCCCS1(=O)=O. The first-order valence-corrected chi connectivity index (χ1v) is 8.93. The van der Waals surface area contributed by atoms with Crippen molar-refractivity contribution in [2.24, 2.45) is 5.41 Å². The van der Waals surface area contributed by atoms with E-state index in [9.17, 15) is 8.42 Å². The molecule has 1 heterocycles. The van der Waals surface area contributed by atoms with E-state index in [-0.39, 0.29) is 16.7 Å². The predicted octanol–water partition coefficient (Wildman–Crippen LogP) is 2.76. The Kier molecular flexibility index (Phi) is 5.66. The summed E-state index contributed by atoms with van der Waals surface area (Å²) in [4.78, 5) is 0. The standard InChI is InChI=1S/C14H29NO2S/c1-5-15-12(9-10-14(2,3)4)13-8-6-7-11-18(13,16)17/h12-13,15H,5-11H2,1-4H3. The lowest BCUT2D eigenvalue weighted by Crippen LogP contribution is -2.47. The summed E-state index contributed by atoms with van der Waals surface area (Å²) in [5, 5.41) is 3.24. The number of hydrogen-bond donors (Lipinski definition) is 1. The summed E-state index contributed by atoms with van der Waals surface area (Å²) in [6, 6.07) is 0.138. The highest BCUT2D eigenvalue weighted by Gasteiger charge is 2.35. The minimum absolute atomic E-state index is 0.138. The Bertz CT molecular complexity index is 343. The fraction of sp³-hybridized carbons (Fsp3) is 1.00. The van der Waals surface area contributed by atoms with Crippen molar-refractivity contribution in [3.8, 4) is 0 Å². The fourth-order valence-electron chi connectivity index (χ4n) is 2.70. The molecule has 2 unspecified atom stereocenters. The summed E-state index contributed by atoms with van der Waals surface area (Å²) in [6.07, 6.45) is 4.76. The molecule has 1 N–H and O–H groups in total. The third kappa shape index (κ3) is 4.88. The molecule has 0 radical (unpaired) electrons. The molecule has 1 rings (SSSR count). The molecule has 2 atom stereocenters. The maximum atomic E-state index is 12.2. The Morgan fingerprint density at radius 3 is 2.44 bits per heavy atom. The van der Waals surface area contributed by atoms with Crippen LogP contribution in [0.3, 0.4) is 0 Å². The van der Waals surface area contributed by atoms with E-state index in [2.05, 4.69) is 33.0 Å². The molecular weight excluding hydrogens is 246 g/mol. The van der Waals surface area contributed by atoms with Crippen molar-refractivity contribution in [2.75, 3.05) is 12.3 Å². The summed E-state index contributed by atoms with van der Waals surface area (Å²) in [7, 11) is -2.88. The first-order valence-electron chi connectivity index (χ1n) is 7.21. The first-order chi connectivity index (χ1) is 8.26. The second-order valence-corrected chi connectivity index (χ2v) is 9.00. The Hall–Kier alpha value is -0.0900. The number of sulfone groups is 1. The molecule has 4 heteroatoms. The van der Waals surface area contributed by atoms with E-state index in [1.807, 2.05) is 0 Å². The van der Waals surface area contributed by atoms with Crippen molar-refractivity contribution in [1.82, 2.24) is 5.32 Å². The van der Waals surface area contributed by atoms with Crippen LogP contribution in [0.5, 0.6) is 0 Å². The molecule has 0 bridgehead atoms. The zero-order valence-corrected chi connectivity index (χ0v) is 13.1. The van der Waals surface area contributed by atoms with Crippen LogP contribution in [-0.4, -0.2) is 32.0 Å². The van der Waals surface area contributed by atoms with Crippen molar-refractivity contribution in [1.29, 1.82) is 0 Å². The third-order valence-corrected chi connectivity index (χ3v) is 6.09. The van der Waals surface area contributed by atoms with Crippen LogP contribution in [0.2, 0.25) is 0 Å². The van der Waals surface area contributed by atoms with Crippen molar-refractivity contribution >= 4 is 9.84 Å². The van der Waals surface area contributed by atoms with E-state index in [1.54, 1.807) is 0 Å². The molecule has 0 spiro atoms. The Balaban J connectivity index is 2.71. The Morgan fingerprint density at radius 2 is 1.94 bits per heavy atom. The van der Waals surface area contributed by atoms with Crippen molar-refractivity contribution in [3.63, 3.8) is 0 Å². The van der Waals surface area contributed by atoms with Gasteiger partial charge in [-0.2, -0.15) is 0 Å². The van der Waals surface area contributed by atoms with Gasteiger partial charge in [-0.05, 0) is 37.6 Å². The quantitative estimate of drug-likeness (QED) is 0.839. The maximum Gasteiger partial charge on any atom is 0.154 e. The molecule has 0 amide bonds. The highest BCUT2D eigenvalue weighted by atomic mass is 32.2. The molecule has 3 nitrogen and oxygen atoms in total. The fourth-order valence-corrected chi connectivity index (χ4v) is 4.87. The summed E-state index contributed by atoms with van der Waals surface area (Å²) in [5.41, 5.74) is 0.270. The average molecular weight is 275 g/mol. The molecule has 0 aromatic heterocycles. The normalized spacial score (nSPS) is 25.9. The zero-order chi connectivity index (χ0) is 13.8. The van der Waals surface area contributed by atoms with Gasteiger partial charge < -0.3 is 5.32 Å². The van der Waals surface area contributed by atoms with Crippen LogP contribution in [-0.2, 0) is 9.84 Å². The van der Waals surface area contributed by atoms with E-state index in [1.165, 1.54) is 0 Å². The molecule has 0 aromatic rings. The molecule has 1 aliphatic heterocycles. The van der Waals surface area contributed by atoms with Gasteiger partial charge in [0.1, 0.15) is 0 Å². The van der Waals surface area contributed by atoms with Gasteiger partial charge in [0, 0.05) is 6.04 Å². The van der Waals surface area contributed by atoms with E-state index < -0.39 is 9.84 Å².